The molecule has 0 radical (unpaired) electrons. The van der Waals surface area contributed by atoms with E-state index in [1.165, 1.54) is 16.4 Å². The van der Waals surface area contributed by atoms with Gasteiger partial charge in [0, 0.05) is 32.7 Å². The van der Waals surface area contributed by atoms with E-state index < -0.39 is 28.0 Å². The Labute approximate surface area is 206 Å². The van der Waals surface area contributed by atoms with Gasteiger partial charge >= 0.3 is 12.1 Å². The first-order valence-electron chi connectivity index (χ1n) is 10.9. The lowest BCUT2D eigenvalue weighted by Gasteiger charge is -2.31. The lowest BCUT2D eigenvalue weighted by Crippen LogP contribution is -2.50. The predicted octanol–water partition coefficient (Wildman–Crippen LogP) is 2.69. The number of amides is 1. The van der Waals surface area contributed by atoms with Crippen LogP contribution in [0, 0.1) is 5.82 Å². The number of nitrogens with one attached hydrogen (secondary N) is 1. The second-order valence-electron chi connectivity index (χ2n) is 8.00. The summed E-state index contributed by atoms with van der Waals surface area (Å²) in [6.45, 7) is 4.33. The van der Waals surface area contributed by atoms with Crippen LogP contribution < -0.4 is 5.32 Å². The van der Waals surface area contributed by atoms with E-state index in [4.69, 9.17) is 9.90 Å². The molecule has 2 N–H and O–H groups in total. The van der Waals surface area contributed by atoms with Crippen molar-refractivity contribution in [2.75, 3.05) is 39.3 Å². The predicted molar refractivity (Wildman–Crippen MR) is 123 cm³/mol. The van der Waals surface area contributed by atoms with E-state index in [1.807, 2.05) is 37.3 Å². The van der Waals surface area contributed by atoms with E-state index in [0.29, 0.717) is 26.2 Å². The summed E-state index contributed by atoms with van der Waals surface area (Å²) in [6, 6.07) is 14.3. The van der Waals surface area contributed by atoms with Crippen molar-refractivity contribution in [3.8, 4) is 0 Å². The maximum absolute atomic E-state index is 13.3. The topological polar surface area (TPSA) is 107 Å². The van der Waals surface area contributed by atoms with Crippen LogP contribution >= 0.6 is 0 Å². The second kappa shape index (κ2) is 12.8. The van der Waals surface area contributed by atoms with Crippen molar-refractivity contribution in [2.24, 2.45) is 0 Å². The van der Waals surface area contributed by atoms with E-state index in [1.54, 1.807) is 4.90 Å². The molecule has 1 saturated heterocycles. The highest BCUT2D eigenvalue weighted by Gasteiger charge is 2.38. The summed E-state index contributed by atoms with van der Waals surface area (Å²) < 4.78 is 72.7. The minimum Gasteiger partial charge on any atom is -0.475 e. The Morgan fingerprint density at radius 2 is 1.58 bits per heavy atom. The average Bonchev–Trinajstić information content (AvgIpc) is 2.84. The number of hydrogen-bond acceptors (Lipinski definition) is 5. The molecule has 3 rings (SSSR count). The molecule has 1 amide bonds. The number of sulfonamides is 1. The first-order chi connectivity index (χ1) is 16.8. The summed E-state index contributed by atoms with van der Waals surface area (Å²) in [7, 11) is -3.95. The van der Waals surface area contributed by atoms with Crippen molar-refractivity contribution in [2.45, 2.75) is 23.9 Å². The number of piperazine rings is 1. The molecular weight excluding hydrogens is 506 g/mol. The van der Waals surface area contributed by atoms with Gasteiger partial charge in [0.2, 0.25) is 15.9 Å². The molecule has 0 aliphatic carbocycles. The molecule has 0 bridgehead atoms. The largest absolute Gasteiger partial charge is 0.490 e. The molecule has 0 saturated carbocycles. The third-order valence-electron chi connectivity index (χ3n) is 5.32. The zero-order valence-corrected chi connectivity index (χ0v) is 20.2. The molecule has 1 unspecified atom stereocenters. The molecule has 8 nitrogen and oxygen atoms in total. The Bertz CT molecular complexity index is 1110. The van der Waals surface area contributed by atoms with Crippen molar-refractivity contribution in [1.82, 2.24) is 14.5 Å². The van der Waals surface area contributed by atoms with E-state index in [-0.39, 0.29) is 29.8 Å². The van der Waals surface area contributed by atoms with Crippen LogP contribution in [-0.2, 0) is 19.6 Å². The Kier molecular flexibility index (Phi) is 10.4. The van der Waals surface area contributed by atoms with Gasteiger partial charge in [-0.3, -0.25) is 4.79 Å². The zero-order valence-electron chi connectivity index (χ0n) is 19.4. The first kappa shape index (κ1) is 29.2. The molecule has 1 atom stereocenters. The number of nitrogens with zero attached hydrogens (tertiary/aromatic N) is 2. The summed E-state index contributed by atoms with van der Waals surface area (Å²) in [4.78, 5) is 23.3. The zero-order chi connectivity index (χ0) is 26.9. The van der Waals surface area contributed by atoms with Gasteiger partial charge in [0.05, 0.1) is 11.4 Å². The highest BCUT2D eigenvalue weighted by atomic mass is 32.2. The minimum absolute atomic E-state index is 0.0210. The molecule has 2 aromatic rings. The second-order valence-corrected chi connectivity index (χ2v) is 9.93. The number of benzene rings is 2. The van der Waals surface area contributed by atoms with Crippen molar-refractivity contribution >= 4 is 21.9 Å². The number of rotatable bonds is 7. The van der Waals surface area contributed by atoms with Gasteiger partial charge in [0.25, 0.3) is 0 Å². The van der Waals surface area contributed by atoms with E-state index in [2.05, 4.69) is 5.32 Å². The molecular formula is C23H27F4N3O5S. The highest BCUT2D eigenvalue weighted by molar-refractivity contribution is 7.89. The van der Waals surface area contributed by atoms with Crippen LogP contribution in [0.15, 0.2) is 59.5 Å². The van der Waals surface area contributed by atoms with Crippen LogP contribution in [0.2, 0.25) is 0 Å². The number of hydrogen-bond donors (Lipinski definition) is 2. The molecule has 13 heteroatoms. The van der Waals surface area contributed by atoms with Gasteiger partial charge in [-0.15, -0.1) is 0 Å². The fourth-order valence-corrected chi connectivity index (χ4v) is 4.84. The summed E-state index contributed by atoms with van der Waals surface area (Å²) in [5.74, 6) is -3.60. The summed E-state index contributed by atoms with van der Waals surface area (Å²) >= 11 is 0. The van der Waals surface area contributed by atoms with Crippen LogP contribution in [0.4, 0.5) is 17.6 Å². The molecule has 0 aromatic heterocycles. The third kappa shape index (κ3) is 8.57. The van der Waals surface area contributed by atoms with Crippen LogP contribution in [0.1, 0.15) is 18.4 Å². The number of carboxylic acids is 1. The van der Waals surface area contributed by atoms with Crippen molar-refractivity contribution in [3.05, 3.63) is 66.0 Å². The molecule has 198 valence electrons. The highest BCUT2D eigenvalue weighted by Crippen LogP contribution is 2.22. The summed E-state index contributed by atoms with van der Waals surface area (Å²) in [6.07, 6.45) is -5.08. The Balaban J connectivity index is 0.000000572. The molecule has 2 aromatic carbocycles. The Morgan fingerprint density at radius 3 is 2.08 bits per heavy atom. The smallest absolute Gasteiger partial charge is 0.475 e. The third-order valence-corrected chi connectivity index (χ3v) is 7.15. The molecule has 1 aliphatic rings. The maximum atomic E-state index is 13.3. The van der Waals surface area contributed by atoms with Gasteiger partial charge in [0.15, 0.2) is 0 Å². The number of carboxylic acid groups (broad SMARTS) is 1. The summed E-state index contributed by atoms with van der Waals surface area (Å²) in [5.41, 5.74) is 0.987. The van der Waals surface area contributed by atoms with Crippen LogP contribution in [-0.4, -0.2) is 80.1 Å². The number of alkyl halides is 3. The molecule has 1 aliphatic heterocycles. The standard InChI is InChI=1S/C21H26FN3O3S.C2HF3O2/c1-17(18-5-3-2-4-6-18)15-25(16-21(26)24-13-11-23-12-14-24)29(27,28)20-9-7-19(22)8-10-20;3-2(4,5)1(6)7/h2-10,17,23H,11-16H2,1H3;(H,6,7). The van der Waals surface area contributed by atoms with Crippen LogP contribution in [0.3, 0.4) is 0 Å². The van der Waals surface area contributed by atoms with Gasteiger partial charge in [-0.1, -0.05) is 37.3 Å². The number of halogens is 4. The van der Waals surface area contributed by atoms with Crippen molar-refractivity contribution in [3.63, 3.8) is 0 Å². The quantitative estimate of drug-likeness (QED) is 0.530. The van der Waals surface area contributed by atoms with Gasteiger partial charge < -0.3 is 15.3 Å². The SMILES string of the molecule is CC(CN(CC(=O)N1CCNCC1)S(=O)(=O)c1ccc(F)cc1)c1ccccc1.O=C(O)C(F)(F)F. The van der Waals surface area contributed by atoms with E-state index in [0.717, 1.165) is 17.7 Å². The lowest BCUT2D eigenvalue weighted by atomic mass is 10.0. The minimum atomic E-state index is -5.08. The number of aliphatic carboxylic acids is 1. The Morgan fingerprint density at radius 1 is 1.06 bits per heavy atom. The maximum Gasteiger partial charge on any atom is 0.490 e. The van der Waals surface area contributed by atoms with E-state index >= 15 is 0 Å². The number of carbonyl (C=O) groups is 2. The lowest BCUT2D eigenvalue weighted by molar-refractivity contribution is -0.192. The molecule has 36 heavy (non-hydrogen) atoms. The van der Waals surface area contributed by atoms with Crippen LogP contribution in [0.5, 0.6) is 0 Å². The fraction of sp³-hybridized carbons (Fsp3) is 0.391. The Hall–Kier alpha value is -3.03. The van der Waals surface area contributed by atoms with Crippen LogP contribution in [0.25, 0.3) is 0 Å². The monoisotopic (exact) mass is 533 g/mol. The van der Waals surface area contributed by atoms with Crippen molar-refractivity contribution < 1.29 is 40.7 Å². The number of carbonyl (C=O) groups excluding carboxylic acids is 1. The van der Waals surface area contributed by atoms with Crippen molar-refractivity contribution in [1.29, 1.82) is 0 Å². The normalized spacial score (nSPS) is 15.1. The van der Waals surface area contributed by atoms with E-state index in [9.17, 15) is 30.8 Å². The van der Waals surface area contributed by atoms with Gasteiger partial charge in [0.1, 0.15) is 5.82 Å². The summed E-state index contributed by atoms with van der Waals surface area (Å²) in [5, 5.41) is 10.3. The van der Waals surface area contributed by atoms with Gasteiger partial charge in [-0.2, -0.15) is 17.5 Å². The molecule has 1 fully saturated rings. The first-order valence-corrected chi connectivity index (χ1v) is 12.4. The molecule has 0 spiro atoms. The van der Waals surface area contributed by atoms with Gasteiger partial charge in [-0.25, -0.2) is 17.6 Å². The average molecular weight is 534 g/mol. The van der Waals surface area contributed by atoms with Gasteiger partial charge in [-0.05, 0) is 35.7 Å². The fourth-order valence-electron chi connectivity index (χ4n) is 3.36. The molecule has 1 heterocycles.